The third kappa shape index (κ3) is 1.98. The maximum Gasteiger partial charge on any atom is 0.137 e. The molecule has 5 nitrogen and oxygen atoms in total. The first kappa shape index (κ1) is 19.6. The number of aryl methyl sites for hydroxylation is 4. The third-order valence-corrected chi connectivity index (χ3v) is 7.40. The molecule has 2 aliphatic rings. The van der Waals surface area contributed by atoms with Crippen molar-refractivity contribution in [3.63, 3.8) is 0 Å². The molecule has 0 radical (unpaired) electrons. The Morgan fingerprint density at radius 3 is 1.79 bits per heavy atom. The van der Waals surface area contributed by atoms with Gasteiger partial charge in [0.2, 0.25) is 0 Å². The van der Waals surface area contributed by atoms with E-state index in [4.69, 9.17) is 0 Å². The van der Waals surface area contributed by atoms with Gasteiger partial charge in [0, 0.05) is 5.92 Å². The van der Waals surface area contributed by atoms with Crippen LogP contribution in [-0.4, -0.2) is 55.0 Å². The summed E-state index contributed by atoms with van der Waals surface area (Å²) in [6.07, 6.45) is -1.27. The fourth-order valence-electron chi connectivity index (χ4n) is 5.44. The van der Waals surface area contributed by atoms with Gasteiger partial charge in [-0.25, -0.2) is 0 Å². The topological polar surface area (TPSA) is 101 Å². The smallest absolute Gasteiger partial charge is 0.137 e. The van der Waals surface area contributed by atoms with E-state index >= 15 is 0 Å². The normalized spacial score (nSPS) is 39.1. The fourth-order valence-corrected chi connectivity index (χ4v) is 5.44. The molecule has 2 fully saturated rings. The van der Waals surface area contributed by atoms with Crippen molar-refractivity contribution in [2.75, 3.05) is 6.61 Å². The van der Waals surface area contributed by atoms with Gasteiger partial charge >= 0.3 is 0 Å². The van der Waals surface area contributed by atoms with Gasteiger partial charge in [0.15, 0.2) is 0 Å². The zero-order chi connectivity index (χ0) is 20.6. The van der Waals surface area contributed by atoms with Crippen LogP contribution < -0.4 is 0 Å². The van der Waals surface area contributed by atoms with Crippen molar-refractivity contribution in [1.29, 1.82) is 0 Å². The average Bonchev–Trinajstić information content (AvgIpc) is 2.66. The molecule has 0 aliphatic heterocycles. The summed E-state index contributed by atoms with van der Waals surface area (Å²) in [5, 5.41) is 55.0. The highest BCUT2D eigenvalue weighted by molar-refractivity contribution is 5.56. The van der Waals surface area contributed by atoms with Gasteiger partial charge in [0.05, 0.1) is 18.6 Å². The van der Waals surface area contributed by atoms with E-state index in [0.29, 0.717) is 11.1 Å². The van der Waals surface area contributed by atoms with Crippen molar-refractivity contribution in [1.82, 2.24) is 0 Å². The molecule has 150 valence electrons. The third-order valence-electron chi connectivity index (χ3n) is 7.40. The molecule has 2 aromatic rings. The average molecular weight is 384 g/mol. The monoisotopic (exact) mass is 384 g/mol. The second kappa shape index (κ2) is 5.88. The predicted octanol–water partition coefficient (Wildman–Crippen LogP) is 1.36. The quantitative estimate of drug-likeness (QED) is 0.550. The molecule has 0 heterocycles. The van der Waals surface area contributed by atoms with E-state index in [1.54, 1.807) is 12.1 Å². The molecule has 5 heteroatoms. The van der Waals surface area contributed by atoms with Crippen molar-refractivity contribution >= 4 is 0 Å². The molecule has 5 N–H and O–H groups in total. The highest BCUT2D eigenvalue weighted by atomic mass is 16.4. The minimum atomic E-state index is -2.04. The molecule has 28 heavy (non-hydrogen) atoms. The molecule has 0 bridgehead atoms. The molecule has 0 aromatic heterocycles. The summed E-state index contributed by atoms with van der Waals surface area (Å²) in [5.74, 6) is -1.89. The van der Waals surface area contributed by atoms with E-state index < -0.39 is 41.3 Å². The number of aliphatic hydroxyl groups is 5. The van der Waals surface area contributed by atoms with E-state index in [1.165, 1.54) is 0 Å². The maximum absolute atomic E-state index is 11.4. The Morgan fingerprint density at radius 1 is 0.786 bits per heavy atom. The van der Waals surface area contributed by atoms with Gasteiger partial charge in [-0.2, -0.15) is 0 Å². The standard InChI is InChI=1S/C23H28O5/c1-12-5-7-16(9-14(12)3)18-20(25)22(27)19(21(26,11-24)23(18,22)28)17-8-6-13(2)15(4)10-17/h5-10,18-20,24-28H,11H2,1-4H3/t18?,19?,20?,21-,22-,23-/m0/s1. The minimum absolute atomic E-state index is 0.587. The number of hydrogen-bond acceptors (Lipinski definition) is 5. The van der Waals surface area contributed by atoms with Crippen LogP contribution in [0.15, 0.2) is 36.4 Å². The summed E-state index contributed by atoms with van der Waals surface area (Å²) < 4.78 is 0. The maximum atomic E-state index is 11.4. The second-order valence-electron chi connectivity index (χ2n) is 8.72. The van der Waals surface area contributed by atoms with Gasteiger partial charge in [0.25, 0.3) is 0 Å². The number of aliphatic hydroxyl groups excluding tert-OH is 2. The molecule has 0 saturated heterocycles. The molecule has 6 atom stereocenters. The molecule has 2 aliphatic carbocycles. The van der Waals surface area contributed by atoms with Gasteiger partial charge < -0.3 is 25.5 Å². The number of rotatable bonds is 3. The second-order valence-corrected chi connectivity index (χ2v) is 8.72. The van der Waals surface area contributed by atoms with Crippen molar-refractivity contribution < 1.29 is 25.5 Å². The summed E-state index contributed by atoms with van der Waals surface area (Å²) in [6.45, 7) is 7.04. The summed E-state index contributed by atoms with van der Waals surface area (Å²) in [7, 11) is 0. The van der Waals surface area contributed by atoms with Crippen LogP contribution in [-0.2, 0) is 0 Å². The minimum Gasteiger partial charge on any atom is -0.393 e. The zero-order valence-corrected chi connectivity index (χ0v) is 16.6. The fraction of sp³-hybridized carbons (Fsp3) is 0.478. The lowest BCUT2D eigenvalue weighted by Gasteiger charge is -2.79. The molecular formula is C23H28O5. The Labute approximate surface area is 164 Å². The number of hydrogen-bond donors (Lipinski definition) is 5. The predicted molar refractivity (Wildman–Crippen MR) is 105 cm³/mol. The van der Waals surface area contributed by atoms with Crippen LogP contribution in [0.3, 0.4) is 0 Å². The van der Waals surface area contributed by atoms with Crippen molar-refractivity contribution in [3.05, 3.63) is 69.8 Å². The molecular weight excluding hydrogens is 356 g/mol. The van der Waals surface area contributed by atoms with Gasteiger partial charge in [-0.1, -0.05) is 36.4 Å². The van der Waals surface area contributed by atoms with Gasteiger partial charge in [-0.15, -0.1) is 0 Å². The Kier molecular flexibility index (Phi) is 4.10. The first-order valence-electron chi connectivity index (χ1n) is 9.64. The number of benzene rings is 2. The van der Waals surface area contributed by atoms with Gasteiger partial charge in [0.1, 0.15) is 16.8 Å². The number of fused-ring (bicyclic) bond motifs is 1. The van der Waals surface area contributed by atoms with E-state index in [0.717, 1.165) is 22.3 Å². The van der Waals surface area contributed by atoms with Crippen LogP contribution in [0, 0.1) is 27.7 Å². The SMILES string of the molecule is Cc1ccc(C2C(O)[C@@]3(O)C(c4ccc(C)c(C)c4)[C@@](O)(CO)[C@@]23O)cc1C. The Hall–Kier alpha value is -1.76. The molecule has 3 unspecified atom stereocenters. The van der Waals surface area contributed by atoms with Crippen LogP contribution in [0.25, 0.3) is 0 Å². The lowest BCUT2D eigenvalue weighted by atomic mass is 9.31. The van der Waals surface area contributed by atoms with Gasteiger partial charge in [-0.3, -0.25) is 0 Å². The first-order valence-corrected chi connectivity index (χ1v) is 9.64. The lowest BCUT2D eigenvalue weighted by Crippen LogP contribution is -2.98. The van der Waals surface area contributed by atoms with Crippen molar-refractivity contribution in [3.8, 4) is 0 Å². The van der Waals surface area contributed by atoms with E-state index in [9.17, 15) is 25.5 Å². The van der Waals surface area contributed by atoms with Crippen LogP contribution in [0.2, 0.25) is 0 Å². The Morgan fingerprint density at radius 2 is 1.29 bits per heavy atom. The first-order chi connectivity index (χ1) is 13.0. The summed E-state index contributed by atoms with van der Waals surface area (Å²) in [4.78, 5) is 0. The van der Waals surface area contributed by atoms with Gasteiger partial charge in [-0.05, 0) is 61.1 Å². The van der Waals surface area contributed by atoms with Crippen LogP contribution in [0.4, 0.5) is 0 Å². The summed E-state index contributed by atoms with van der Waals surface area (Å²) >= 11 is 0. The van der Waals surface area contributed by atoms with Crippen molar-refractivity contribution in [2.45, 2.75) is 62.4 Å². The highest BCUT2D eigenvalue weighted by Crippen LogP contribution is 2.74. The Bertz CT molecular complexity index is 944. The lowest BCUT2D eigenvalue weighted by molar-refractivity contribution is -0.448. The highest BCUT2D eigenvalue weighted by Gasteiger charge is 2.92. The van der Waals surface area contributed by atoms with E-state index in [-0.39, 0.29) is 0 Å². The van der Waals surface area contributed by atoms with E-state index in [1.807, 2.05) is 52.0 Å². The zero-order valence-electron chi connectivity index (χ0n) is 16.6. The van der Waals surface area contributed by atoms with Crippen molar-refractivity contribution in [2.24, 2.45) is 0 Å². The largest absolute Gasteiger partial charge is 0.393 e. The summed E-state index contributed by atoms with van der Waals surface area (Å²) in [5.41, 5.74) is -0.643. The van der Waals surface area contributed by atoms with E-state index in [2.05, 4.69) is 0 Å². The molecule has 2 aromatic carbocycles. The van der Waals surface area contributed by atoms with Crippen LogP contribution in [0.1, 0.15) is 45.2 Å². The van der Waals surface area contributed by atoms with Crippen LogP contribution >= 0.6 is 0 Å². The summed E-state index contributed by atoms with van der Waals surface area (Å²) in [6, 6.07) is 11.0. The molecule has 4 rings (SSSR count). The molecule has 0 amide bonds. The Balaban J connectivity index is 1.82. The molecule has 2 saturated carbocycles. The van der Waals surface area contributed by atoms with Crippen LogP contribution in [0.5, 0.6) is 0 Å². The molecule has 0 spiro atoms.